The number of hydrogen-bond acceptors (Lipinski definition) is 2. The van der Waals surface area contributed by atoms with Crippen LogP contribution >= 0.6 is 11.3 Å². The van der Waals surface area contributed by atoms with E-state index in [9.17, 15) is 8.78 Å². The van der Waals surface area contributed by atoms with Gasteiger partial charge in [-0.05, 0) is 59.0 Å². The highest BCUT2D eigenvalue weighted by Gasteiger charge is 2.10. The minimum Gasteiger partial charge on any atom is -0.327 e. The molecule has 1 unspecified atom stereocenters. The van der Waals surface area contributed by atoms with E-state index in [1.54, 1.807) is 11.3 Å². The van der Waals surface area contributed by atoms with E-state index in [1.807, 2.05) is 16.8 Å². The van der Waals surface area contributed by atoms with Gasteiger partial charge < -0.3 is 5.73 Å². The molecule has 0 saturated carbocycles. The molecule has 1 aromatic carbocycles. The molecule has 0 aliphatic rings. The van der Waals surface area contributed by atoms with Crippen LogP contribution < -0.4 is 5.73 Å². The van der Waals surface area contributed by atoms with E-state index < -0.39 is 11.6 Å². The van der Waals surface area contributed by atoms with Crippen LogP contribution in [-0.4, -0.2) is 6.04 Å². The molecule has 4 heteroatoms. The number of thiophene rings is 1. The van der Waals surface area contributed by atoms with Crippen LogP contribution in [0.15, 0.2) is 35.0 Å². The van der Waals surface area contributed by atoms with Gasteiger partial charge in [-0.25, -0.2) is 8.78 Å². The van der Waals surface area contributed by atoms with Crippen molar-refractivity contribution in [2.24, 2.45) is 5.73 Å². The fourth-order valence-corrected chi connectivity index (χ4v) is 2.45. The Kier molecular flexibility index (Phi) is 3.86. The Bertz CT molecular complexity index is 482. The first kappa shape index (κ1) is 12.2. The molecular weight excluding hydrogens is 240 g/mol. The van der Waals surface area contributed by atoms with Crippen molar-refractivity contribution in [3.8, 4) is 0 Å². The zero-order chi connectivity index (χ0) is 12.3. The smallest absolute Gasteiger partial charge is 0.126 e. The zero-order valence-electron chi connectivity index (χ0n) is 9.20. The number of nitrogens with two attached hydrogens (primary N) is 1. The summed E-state index contributed by atoms with van der Waals surface area (Å²) in [5, 5.41) is 3.99. The SMILES string of the molecule is NC(Cc1ccsc1)Cc1cc(F)ccc1F. The summed E-state index contributed by atoms with van der Waals surface area (Å²) in [7, 11) is 0. The summed E-state index contributed by atoms with van der Waals surface area (Å²) < 4.78 is 26.4. The lowest BCUT2D eigenvalue weighted by Crippen LogP contribution is -2.25. The molecule has 2 rings (SSSR count). The summed E-state index contributed by atoms with van der Waals surface area (Å²) in [6.07, 6.45) is 1.03. The summed E-state index contributed by atoms with van der Waals surface area (Å²) in [5.41, 5.74) is 7.41. The summed E-state index contributed by atoms with van der Waals surface area (Å²) in [6.45, 7) is 0. The largest absolute Gasteiger partial charge is 0.327 e. The predicted octanol–water partition coefficient (Wildman–Crippen LogP) is 3.14. The van der Waals surface area contributed by atoms with Crippen LogP contribution in [0.1, 0.15) is 11.1 Å². The lowest BCUT2D eigenvalue weighted by Gasteiger charge is -2.11. The van der Waals surface area contributed by atoms with Gasteiger partial charge in [0.2, 0.25) is 0 Å². The molecule has 0 aliphatic carbocycles. The van der Waals surface area contributed by atoms with Crippen LogP contribution in [0.4, 0.5) is 8.78 Å². The van der Waals surface area contributed by atoms with Crippen molar-refractivity contribution in [2.75, 3.05) is 0 Å². The number of benzene rings is 1. The van der Waals surface area contributed by atoms with Gasteiger partial charge in [0, 0.05) is 6.04 Å². The van der Waals surface area contributed by atoms with Gasteiger partial charge in [-0.15, -0.1) is 0 Å². The maximum Gasteiger partial charge on any atom is 0.126 e. The number of hydrogen-bond donors (Lipinski definition) is 1. The topological polar surface area (TPSA) is 26.0 Å². The van der Waals surface area contributed by atoms with Crippen LogP contribution in [-0.2, 0) is 12.8 Å². The molecule has 2 aromatic rings. The maximum atomic E-state index is 13.4. The Labute approximate surface area is 103 Å². The van der Waals surface area contributed by atoms with Crippen molar-refractivity contribution in [1.29, 1.82) is 0 Å². The van der Waals surface area contributed by atoms with E-state index in [0.717, 1.165) is 17.7 Å². The Morgan fingerprint density at radius 1 is 1.18 bits per heavy atom. The van der Waals surface area contributed by atoms with Crippen LogP contribution in [0.3, 0.4) is 0 Å². The van der Waals surface area contributed by atoms with Crippen LogP contribution in [0.2, 0.25) is 0 Å². The van der Waals surface area contributed by atoms with E-state index in [4.69, 9.17) is 5.73 Å². The monoisotopic (exact) mass is 253 g/mol. The Balaban J connectivity index is 2.02. The van der Waals surface area contributed by atoms with Crippen molar-refractivity contribution in [3.63, 3.8) is 0 Å². The lowest BCUT2D eigenvalue weighted by molar-refractivity contribution is 0.566. The van der Waals surface area contributed by atoms with E-state index in [0.29, 0.717) is 18.4 Å². The molecule has 0 aliphatic heterocycles. The van der Waals surface area contributed by atoms with Crippen LogP contribution in [0.5, 0.6) is 0 Å². The van der Waals surface area contributed by atoms with E-state index in [-0.39, 0.29) is 6.04 Å². The molecule has 90 valence electrons. The van der Waals surface area contributed by atoms with E-state index >= 15 is 0 Å². The molecule has 1 aromatic heterocycles. The van der Waals surface area contributed by atoms with Crippen LogP contribution in [0.25, 0.3) is 0 Å². The highest BCUT2D eigenvalue weighted by Crippen LogP contribution is 2.14. The third kappa shape index (κ3) is 3.35. The van der Waals surface area contributed by atoms with Gasteiger partial charge in [-0.3, -0.25) is 0 Å². The van der Waals surface area contributed by atoms with Crippen molar-refractivity contribution in [3.05, 3.63) is 57.8 Å². The Morgan fingerprint density at radius 2 is 2.00 bits per heavy atom. The average Bonchev–Trinajstić information content (AvgIpc) is 2.76. The Morgan fingerprint density at radius 3 is 2.71 bits per heavy atom. The van der Waals surface area contributed by atoms with Crippen molar-refractivity contribution < 1.29 is 8.78 Å². The van der Waals surface area contributed by atoms with E-state index in [2.05, 4.69) is 0 Å². The molecule has 1 atom stereocenters. The maximum absolute atomic E-state index is 13.4. The molecule has 0 spiro atoms. The molecule has 1 nitrogen and oxygen atoms in total. The molecule has 1 heterocycles. The lowest BCUT2D eigenvalue weighted by atomic mass is 10.0. The van der Waals surface area contributed by atoms with E-state index in [1.165, 1.54) is 6.07 Å². The highest BCUT2D eigenvalue weighted by molar-refractivity contribution is 7.07. The Hall–Kier alpha value is -1.26. The van der Waals surface area contributed by atoms with Gasteiger partial charge in [0.05, 0.1) is 0 Å². The number of rotatable bonds is 4. The summed E-state index contributed by atoms with van der Waals surface area (Å²) in [5.74, 6) is -0.823. The minimum atomic E-state index is -0.427. The fraction of sp³-hybridized carbons (Fsp3) is 0.231. The third-order valence-electron chi connectivity index (χ3n) is 2.57. The molecule has 0 fully saturated rings. The molecule has 17 heavy (non-hydrogen) atoms. The van der Waals surface area contributed by atoms with Gasteiger partial charge in [0.25, 0.3) is 0 Å². The first-order valence-electron chi connectivity index (χ1n) is 5.36. The molecule has 0 bridgehead atoms. The van der Waals surface area contributed by atoms with Gasteiger partial charge in [-0.2, -0.15) is 11.3 Å². The standard InChI is InChI=1S/C13H13F2NS/c14-11-1-2-13(15)10(6-11)7-12(16)5-9-3-4-17-8-9/h1-4,6,8,12H,5,7,16H2. The summed E-state index contributed by atoms with van der Waals surface area (Å²) in [4.78, 5) is 0. The van der Waals surface area contributed by atoms with Crippen molar-refractivity contribution in [1.82, 2.24) is 0 Å². The second-order valence-corrected chi connectivity index (χ2v) is 4.82. The van der Waals surface area contributed by atoms with Gasteiger partial charge in [0.1, 0.15) is 11.6 Å². The summed E-state index contributed by atoms with van der Waals surface area (Å²) in [6, 6.07) is 5.27. The molecule has 2 N–H and O–H groups in total. The fourth-order valence-electron chi connectivity index (χ4n) is 1.77. The second kappa shape index (κ2) is 5.38. The molecular formula is C13H13F2NS. The van der Waals surface area contributed by atoms with Gasteiger partial charge >= 0.3 is 0 Å². The van der Waals surface area contributed by atoms with Crippen molar-refractivity contribution in [2.45, 2.75) is 18.9 Å². The predicted molar refractivity (Wildman–Crippen MR) is 66.1 cm³/mol. The quantitative estimate of drug-likeness (QED) is 0.890. The normalized spacial score (nSPS) is 12.6. The number of halogens is 2. The highest BCUT2D eigenvalue weighted by atomic mass is 32.1. The first-order valence-corrected chi connectivity index (χ1v) is 6.30. The molecule has 0 saturated heterocycles. The average molecular weight is 253 g/mol. The third-order valence-corrected chi connectivity index (χ3v) is 3.30. The minimum absolute atomic E-state index is 0.194. The van der Waals surface area contributed by atoms with Crippen molar-refractivity contribution >= 4 is 11.3 Å². The van der Waals surface area contributed by atoms with Gasteiger partial charge in [-0.1, -0.05) is 0 Å². The second-order valence-electron chi connectivity index (χ2n) is 4.04. The zero-order valence-corrected chi connectivity index (χ0v) is 10.0. The summed E-state index contributed by atoms with van der Waals surface area (Å²) >= 11 is 1.60. The molecule has 0 amide bonds. The van der Waals surface area contributed by atoms with Crippen LogP contribution in [0, 0.1) is 11.6 Å². The molecule has 0 radical (unpaired) electrons. The first-order chi connectivity index (χ1) is 8.15. The van der Waals surface area contributed by atoms with Gasteiger partial charge in [0.15, 0.2) is 0 Å².